The number of hydrogen-bond acceptors (Lipinski definition) is 3. The second-order valence-electron chi connectivity index (χ2n) is 24.0. The van der Waals surface area contributed by atoms with Crippen LogP contribution in [0.4, 0.5) is 28.4 Å². The van der Waals surface area contributed by atoms with Crippen molar-refractivity contribution in [2.45, 2.75) is 179 Å². The first kappa shape index (κ1) is 38.3. The molecular weight excluding hydrogens is 739 g/mol. The number of furan rings is 1. The minimum absolute atomic E-state index is 0.00276. The SMILES string of the molecule is CC(C)(C)c1cc2c3c(c1)C1(C)CCCCC1(C)N3c1cc(Cl)cc3c1B2c1oc2cc4c(cc2c1N3c1ccc2c(c1)C(C)(C)CCC2(C)C)C(C)(C)CCC4(C)C. The van der Waals surface area contributed by atoms with Gasteiger partial charge in [-0.3, -0.25) is 0 Å². The van der Waals surface area contributed by atoms with Gasteiger partial charge in [-0.15, -0.1) is 0 Å². The van der Waals surface area contributed by atoms with Gasteiger partial charge in [-0.2, -0.15) is 0 Å². The highest BCUT2D eigenvalue weighted by atomic mass is 35.5. The van der Waals surface area contributed by atoms with Gasteiger partial charge in [-0.25, -0.2) is 0 Å². The molecule has 0 amide bonds. The van der Waals surface area contributed by atoms with Crippen LogP contribution in [0.2, 0.25) is 5.02 Å². The summed E-state index contributed by atoms with van der Waals surface area (Å²) in [6, 6.07) is 22.2. The van der Waals surface area contributed by atoms with Gasteiger partial charge < -0.3 is 14.2 Å². The molecule has 5 heteroatoms. The van der Waals surface area contributed by atoms with Crippen molar-refractivity contribution in [2.24, 2.45) is 0 Å². The standard InChI is InChI=1S/C54H64BClN2O/c1-48(2,3)31-24-39-46-40(25-31)55-44-41(26-32(56)27-42(44)58(46)54(13)19-15-14-18-53(39,54)12)57(33-16-17-35-36(28-33)50(6,7)21-20-49(35,4)5)45-34-29-37-38(30-43(34)59-47(45)55)52(10,11)23-22-51(37,8)9/h16-17,24-30H,14-15,18-23H2,1-13H3. The molecule has 1 aromatic heterocycles. The molecule has 6 aliphatic rings. The largest absolute Gasteiger partial charge is 0.468 e. The van der Waals surface area contributed by atoms with Crippen molar-refractivity contribution in [2.75, 3.05) is 9.80 Å². The van der Waals surface area contributed by atoms with Gasteiger partial charge in [0, 0.05) is 38.6 Å². The smallest absolute Gasteiger partial charge is 0.297 e. The summed E-state index contributed by atoms with van der Waals surface area (Å²) in [5.41, 5.74) is 20.1. The van der Waals surface area contributed by atoms with E-state index in [1.807, 2.05) is 0 Å². The van der Waals surface area contributed by atoms with Gasteiger partial charge in [-0.1, -0.05) is 126 Å². The zero-order valence-corrected chi connectivity index (χ0v) is 38.9. The average Bonchev–Trinajstić information content (AvgIpc) is 3.63. The highest BCUT2D eigenvalue weighted by molar-refractivity contribution is 7.00. The molecule has 4 aromatic carbocycles. The van der Waals surface area contributed by atoms with E-state index in [1.54, 1.807) is 0 Å². The van der Waals surface area contributed by atoms with Crippen molar-refractivity contribution >= 4 is 74.3 Å². The Balaban J connectivity index is 1.29. The number of nitrogens with zero attached hydrogens (tertiary/aromatic N) is 2. The van der Waals surface area contributed by atoms with Gasteiger partial charge in [0.15, 0.2) is 0 Å². The highest BCUT2D eigenvalue weighted by Crippen LogP contribution is 2.63. The van der Waals surface area contributed by atoms with E-state index in [9.17, 15) is 0 Å². The molecule has 59 heavy (non-hydrogen) atoms. The molecule has 3 aliphatic heterocycles. The van der Waals surface area contributed by atoms with Crippen molar-refractivity contribution in [3.05, 3.63) is 93.0 Å². The van der Waals surface area contributed by atoms with E-state index >= 15 is 0 Å². The van der Waals surface area contributed by atoms with Gasteiger partial charge in [0.1, 0.15) is 5.58 Å². The summed E-state index contributed by atoms with van der Waals surface area (Å²) in [4.78, 5) is 5.38. The van der Waals surface area contributed by atoms with Crippen LogP contribution in [0.25, 0.3) is 11.0 Å². The molecule has 0 radical (unpaired) electrons. The Morgan fingerprint density at radius 1 is 0.610 bits per heavy atom. The molecule has 1 saturated carbocycles. The fraction of sp³-hybridized carbons (Fsp3) is 0.519. The van der Waals surface area contributed by atoms with Crippen LogP contribution in [-0.2, 0) is 32.5 Å². The Morgan fingerprint density at radius 2 is 1.20 bits per heavy atom. The van der Waals surface area contributed by atoms with Gasteiger partial charge in [0.25, 0.3) is 6.71 Å². The molecule has 11 rings (SSSR count). The summed E-state index contributed by atoms with van der Waals surface area (Å²) in [6.45, 7) is 31.8. The third-order valence-corrected chi connectivity index (χ3v) is 17.7. The van der Waals surface area contributed by atoms with E-state index in [0.717, 1.165) is 22.7 Å². The predicted octanol–water partition coefficient (Wildman–Crippen LogP) is 13.4. The molecule has 5 aromatic rings. The van der Waals surface area contributed by atoms with Crippen molar-refractivity contribution in [3.8, 4) is 0 Å². The van der Waals surface area contributed by atoms with E-state index in [4.69, 9.17) is 16.0 Å². The maximum atomic E-state index is 7.59. The van der Waals surface area contributed by atoms with E-state index in [2.05, 4.69) is 154 Å². The molecule has 3 nitrogen and oxygen atoms in total. The molecule has 3 aliphatic carbocycles. The number of anilines is 5. The minimum Gasteiger partial charge on any atom is -0.468 e. The van der Waals surface area contributed by atoms with Crippen LogP contribution in [0.5, 0.6) is 0 Å². The second kappa shape index (κ2) is 11.4. The lowest BCUT2D eigenvalue weighted by Gasteiger charge is -2.52. The minimum atomic E-state index is -0.0844. The van der Waals surface area contributed by atoms with Crippen molar-refractivity contribution in [1.29, 1.82) is 0 Å². The molecule has 2 atom stereocenters. The molecule has 0 N–H and O–H groups in total. The van der Waals surface area contributed by atoms with Gasteiger partial charge in [0.05, 0.1) is 16.9 Å². The Labute approximate surface area is 359 Å². The zero-order valence-electron chi connectivity index (χ0n) is 38.1. The van der Waals surface area contributed by atoms with Crippen molar-refractivity contribution < 1.29 is 4.42 Å². The summed E-state index contributed by atoms with van der Waals surface area (Å²) in [5, 5.41) is 2.01. The van der Waals surface area contributed by atoms with Crippen LogP contribution >= 0.6 is 11.6 Å². The fourth-order valence-electron chi connectivity index (χ4n) is 13.3. The van der Waals surface area contributed by atoms with Crippen LogP contribution in [0.3, 0.4) is 0 Å². The van der Waals surface area contributed by atoms with Gasteiger partial charge in [-0.05, 0) is 153 Å². The normalized spacial score (nSPS) is 26.2. The topological polar surface area (TPSA) is 19.6 Å². The molecule has 0 spiro atoms. The maximum absolute atomic E-state index is 7.59. The Morgan fingerprint density at radius 3 is 1.86 bits per heavy atom. The number of fused-ring (bicyclic) bond motifs is 11. The predicted molar refractivity (Wildman–Crippen MR) is 253 cm³/mol. The summed E-state index contributed by atoms with van der Waals surface area (Å²) in [7, 11) is 0. The summed E-state index contributed by atoms with van der Waals surface area (Å²) < 4.78 is 7.59. The molecule has 2 unspecified atom stereocenters. The van der Waals surface area contributed by atoms with Crippen LogP contribution in [0, 0.1) is 0 Å². The quantitative estimate of drug-likeness (QED) is 0.154. The summed E-state index contributed by atoms with van der Waals surface area (Å²) in [6.07, 6.45) is 9.54. The highest BCUT2D eigenvalue weighted by Gasteiger charge is 2.62. The number of benzene rings is 4. The van der Waals surface area contributed by atoms with Gasteiger partial charge in [0.2, 0.25) is 0 Å². The number of rotatable bonds is 1. The monoisotopic (exact) mass is 802 g/mol. The molecule has 4 heterocycles. The lowest BCUT2D eigenvalue weighted by atomic mass is 9.35. The molecule has 0 bridgehead atoms. The lowest BCUT2D eigenvalue weighted by molar-refractivity contribution is 0.195. The summed E-state index contributed by atoms with van der Waals surface area (Å²) in [5.74, 6) is 0. The van der Waals surface area contributed by atoms with E-state index in [-0.39, 0.29) is 44.7 Å². The number of hydrogen-bond donors (Lipinski definition) is 0. The third-order valence-electron chi connectivity index (χ3n) is 17.5. The molecule has 1 fully saturated rings. The van der Waals surface area contributed by atoms with Crippen molar-refractivity contribution in [1.82, 2.24) is 0 Å². The molecular formula is C54H64BClN2O. The van der Waals surface area contributed by atoms with Crippen LogP contribution in [-0.4, -0.2) is 12.3 Å². The van der Waals surface area contributed by atoms with Gasteiger partial charge >= 0.3 is 0 Å². The fourth-order valence-corrected chi connectivity index (χ4v) is 13.5. The maximum Gasteiger partial charge on any atom is 0.297 e. The second-order valence-corrected chi connectivity index (χ2v) is 24.4. The third kappa shape index (κ3) is 4.85. The zero-order chi connectivity index (χ0) is 41.8. The number of halogens is 1. The molecule has 0 saturated heterocycles. The Kier molecular flexibility index (Phi) is 7.43. The first-order valence-electron chi connectivity index (χ1n) is 22.9. The van der Waals surface area contributed by atoms with Crippen LogP contribution in [0.15, 0.2) is 59.0 Å². The Hall–Kier alpha value is -3.63. The Bertz CT molecular complexity index is 2690. The van der Waals surface area contributed by atoms with Crippen LogP contribution < -0.4 is 26.4 Å². The van der Waals surface area contributed by atoms with Crippen molar-refractivity contribution in [3.63, 3.8) is 0 Å². The average molecular weight is 803 g/mol. The van der Waals surface area contributed by atoms with Crippen LogP contribution in [0.1, 0.15) is 175 Å². The summed E-state index contributed by atoms with van der Waals surface area (Å²) >= 11 is 7.50. The first-order valence-corrected chi connectivity index (χ1v) is 23.3. The first-order chi connectivity index (χ1) is 27.5. The van der Waals surface area contributed by atoms with E-state index < -0.39 is 0 Å². The van der Waals surface area contributed by atoms with E-state index in [0.29, 0.717) is 0 Å². The molecule has 306 valence electrons. The lowest BCUT2D eigenvalue weighted by Crippen LogP contribution is -2.64. The van der Waals surface area contributed by atoms with E-state index in [1.165, 1.54) is 123 Å².